The molecule has 0 bridgehead atoms. The molecule has 7 nitrogen and oxygen atoms in total. The standard InChI is InChI=1S/C23H28N2O5S/c1-2-29-21-8-4-5-9-22(21)30-17-23(26)25-15-12-18-16-19(10-11-20(18)25)31(27,28)24-13-6-3-7-14-24/h4-5,8-11,16H,2-3,6-7,12-15,17H2,1H3. The highest BCUT2D eigenvalue weighted by Gasteiger charge is 2.30. The van der Waals surface area contributed by atoms with E-state index in [4.69, 9.17) is 9.47 Å². The Balaban J connectivity index is 1.46. The van der Waals surface area contributed by atoms with Crippen molar-refractivity contribution in [2.45, 2.75) is 37.5 Å². The number of amides is 1. The molecule has 0 radical (unpaired) electrons. The van der Waals surface area contributed by atoms with Crippen molar-refractivity contribution < 1.29 is 22.7 Å². The van der Waals surface area contributed by atoms with Crippen LogP contribution < -0.4 is 14.4 Å². The van der Waals surface area contributed by atoms with E-state index < -0.39 is 10.0 Å². The summed E-state index contributed by atoms with van der Waals surface area (Å²) in [4.78, 5) is 14.8. The Bertz CT molecular complexity index is 1050. The highest BCUT2D eigenvalue weighted by Crippen LogP contribution is 2.32. The Morgan fingerprint density at radius 1 is 0.968 bits per heavy atom. The molecule has 0 aromatic heterocycles. The number of piperidine rings is 1. The summed E-state index contributed by atoms with van der Waals surface area (Å²) in [5.74, 6) is 0.962. The first-order valence-corrected chi connectivity index (χ1v) is 12.2. The quantitative estimate of drug-likeness (QED) is 0.655. The van der Waals surface area contributed by atoms with E-state index in [9.17, 15) is 13.2 Å². The fraction of sp³-hybridized carbons (Fsp3) is 0.435. The van der Waals surface area contributed by atoms with Gasteiger partial charge in [0.2, 0.25) is 10.0 Å². The third-order valence-corrected chi connectivity index (χ3v) is 7.60. The van der Waals surface area contributed by atoms with Crippen molar-refractivity contribution in [3.05, 3.63) is 48.0 Å². The van der Waals surface area contributed by atoms with E-state index in [1.807, 2.05) is 19.1 Å². The third-order valence-electron chi connectivity index (χ3n) is 5.70. The van der Waals surface area contributed by atoms with Crippen LogP contribution in [0.4, 0.5) is 5.69 Å². The SMILES string of the molecule is CCOc1ccccc1OCC(=O)N1CCc2cc(S(=O)(=O)N3CCCCC3)ccc21. The zero-order chi connectivity index (χ0) is 21.8. The van der Waals surface area contributed by atoms with Crippen LogP contribution in [-0.4, -0.2) is 51.5 Å². The van der Waals surface area contributed by atoms with Crippen LogP contribution >= 0.6 is 0 Å². The lowest BCUT2D eigenvalue weighted by molar-refractivity contribution is -0.120. The van der Waals surface area contributed by atoms with Gasteiger partial charge >= 0.3 is 0 Å². The number of hydrogen-bond acceptors (Lipinski definition) is 5. The Kier molecular flexibility index (Phi) is 6.48. The Labute approximate surface area is 183 Å². The number of para-hydroxylation sites is 2. The van der Waals surface area contributed by atoms with Gasteiger partial charge in [0, 0.05) is 25.3 Å². The third kappa shape index (κ3) is 4.55. The molecule has 4 rings (SSSR count). The molecule has 0 aliphatic carbocycles. The van der Waals surface area contributed by atoms with Crippen LogP contribution in [0.1, 0.15) is 31.7 Å². The van der Waals surface area contributed by atoms with Gasteiger partial charge in [-0.05, 0) is 62.1 Å². The largest absolute Gasteiger partial charge is 0.490 e. The summed E-state index contributed by atoms with van der Waals surface area (Å²) in [6.45, 7) is 3.95. The zero-order valence-corrected chi connectivity index (χ0v) is 18.6. The van der Waals surface area contributed by atoms with Crippen molar-refractivity contribution in [2.75, 3.05) is 37.7 Å². The molecule has 1 amide bonds. The van der Waals surface area contributed by atoms with E-state index in [0.717, 1.165) is 30.5 Å². The van der Waals surface area contributed by atoms with Crippen LogP contribution in [-0.2, 0) is 21.2 Å². The molecule has 1 saturated heterocycles. The van der Waals surface area contributed by atoms with Crippen LogP contribution in [0.25, 0.3) is 0 Å². The Hall–Kier alpha value is -2.58. The van der Waals surface area contributed by atoms with E-state index >= 15 is 0 Å². The maximum absolute atomic E-state index is 13.0. The maximum Gasteiger partial charge on any atom is 0.264 e. The van der Waals surface area contributed by atoms with Crippen LogP contribution in [0, 0.1) is 0 Å². The number of carbonyl (C=O) groups is 1. The summed E-state index contributed by atoms with van der Waals surface area (Å²) in [5.41, 5.74) is 1.63. The summed E-state index contributed by atoms with van der Waals surface area (Å²) in [7, 11) is -3.49. The average Bonchev–Trinajstić information content (AvgIpc) is 3.22. The number of benzene rings is 2. The van der Waals surface area contributed by atoms with Crippen LogP contribution in [0.3, 0.4) is 0 Å². The maximum atomic E-state index is 13.0. The highest BCUT2D eigenvalue weighted by molar-refractivity contribution is 7.89. The smallest absolute Gasteiger partial charge is 0.264 e. The molecule has 166 valence electrons. The van der Waals surface area contributed by atoms with Gasteiger partial charge in [0.1, 0.15) is 0 Å². The molecule has 0 unspecified atom stereocenters. The molecular weight excluding hydrogens is 416 g/mol. The van der Waals surface area contributed by atoms with Gasteiger partial charge < -0.3 is 14.4 Å². The van der Waals surface area contributed by atoms with Crippen LogP contribution in [0.5, 0.6) is 11.5 Å². The first-order chi connectivity index (χ1) is 15.0. The summed E-state index contributed by atoms with van der Waals surface area (Å²) in [6, 6.07) is 12.3. The second-order valence-electron chi connectivity index (χ2n) is 7.72. The first kappa shape index (κ1) is 21.6. The number of rotatable bonds is 7. The van der Waals surface area contributed by atoms with Crippen LogP contribution in [0.2, 0.25) is 0 Å². The second-order valence-corrected chi connectivity index (χ2v) is 9.66. The second kappa shape index (κ2) is 9.28. The highest BCUT2D eigenvalue weighted by atomic mass is 32.2. The van der Waals surface area contributed by atoms with Gasteiger partial charge in [-0.25, -0.2) is 8.42 Å². The predicted octanol–water partition coefficient (Wildman–Crippen LogP) is 3.23. The minimum Gasteiger partial charge on any atom is -0.490 e. The van der Waals surface area contributed by atoms with Crippen molar-refractivity contribution >= 4 is 21.6 Å². The van der Waals surface area contributed by atoms with Crippen molar-refractivity contribution in [3.8, 4) is 11.5 Å². The number of sulfonamides is 1. The number of fused-ring (bicyclic) bond motifs is 1. The number of nitrogens with zero attached hydrogens (tertiary/aromatic N) is 2. The van der Waals surface area contributed by atoms with Crippen molar-refractivity contribution in [2.24, 2.45) is 0 Å². The predicted molar refractivity (Wildman–Crippen MR) is 118 cm³/mol. The van der Waals surface area contributed by atoms with Gasteiger partial charge in [-0.15, -0.1) is 0 Å². The fourth-order valence-electron chi connectivity index (χ4n) is 4.11. The lowest BCUT2D eigenvalue weighted by atomic mass is 10.2. The summed E-state index contributed by atoms with van der Waals surface area (Å²) in [5, 5.41) is 0. The average molecular weight is 445 g/mol. The van der Waals surface area contributed by atoms with Gasteiger partial charge in [-0.2, -0.15) is 4.31 Å². The Morgan fingerprint density at radius 2 is 1.68 bits per heavy atom. The molecular formula is C23H28N2O5S. The molecule has 2 aromatic carbocycles. The molecule has 2 heterocycles. The lowest BCUT2D eigenvalue weighted by Gasteiger charge is -2.26. The number of anilines is 1. The minimum absolute atomic E-state index is 0.114. The Morgan fingerprint density at radius 3 is 2.39 bits per heavy atom. The topological polar surface area (TPSA) is 76.1 Å². The molecule has 1 fully saturated rings. The molecule has 8 heteroatoms. The zero-order valence-electron chi connectivity index (χ0n) is 17.7. The number of hydrogen-bond donors (Lipinski definition) is 0. The normalized spacial score (nSPS) is 16.7. The van der Waals surface area contributed by atoms with Gasteiger partial charge in [0.15, 0.2) is 18.1 Å². The van der Waals surface area contributed by atoms with E-state index in [1.165, 1.54) is 0 Å². The van der Waals surface area contributed by atoms with Crippen molar-refractivity contribution in [3.63, 3.8) is 0 Å². The van der Waals surface area contributed by atoms with Gasteiger partial charge in [-0.1, -0.05) is 18.6 Å². The molecule has 2 aromatic rings. The van der Waals surface area contributed by atoms with Gasteiger partial charge in [-0.3, -0.25) is 4.79 Å². The molecule has 31 heavy (non-hydrogen) atoms. The number of ether oxygens (including phenoxy) is 2. The van der Waals surface area contributed by atoms with E-state index in [2.05, 4.69) is 0 Å². The number of carbonyl (C=O) groups excluding carboxylic acids is 1. The lowest BCUT2D eigenvalue weighted by Crippen LogP contribution is -2.35. The minimum atomic E-state index is -3.49. The summed E-state index contributed by atoms with van der Waals surface area (Å²) >= 11 is 0. The molecule has 0 atom stereocenters. The first-order valence-electron chi connectivity index (χ1n) is 10.8. The van der Waals surface area contributed by atoms with Crippen molar-refractivity contribution in [1.82, 2.24) is 4.31 Å². The van der Waals surface area contributed by atoms with E-state index in [-0.39, 0.29) is 12.5 Å². The van der Waals surface area contributed by atoms with Gasteiger partial charge in [0.25, 0.3) is 5.91 Å². The van der Waals surface area contributed by atoms with E-state index in [0.29, 0.717) is 49.1 Å². The van der Waals surface area contributed by atoms with E-state index in [1.54, 1.807) is 39.5 Å². The summed E-state index contributed by atoms with van der Waals surface area (Å²) < 4.78 is 38.7. The fourth-order valence-corrected chi connectivity index (χ4v) is 5.68. The van der Waals surface area contributed by atoms with Crippen molar-refractivity contribution in [1.29, 1.82) is 0 Å². The molecule has 0 N–H and O–H groups in total. The molecule has 2 aliphatic rings. The van der Waals surface area contributed by atoms with Crippen LogP contribution in [0.15, 0.2) is 47.4 Å². The van der Waals surface area contributed by atoms with Gasteiger partial charge in [0.05, 0.1) is 11.5 Å². The monoisotopic (exact) mass is 444 g/mol. The molecule has 2 aliphatic heterocycles. The molecule has 0 spiro atoms. The summed E-state index contributed by atoms with van der Waals surface area (Å²) in [6.07, 6.45) is 3.50. The molecule has 0 saturated carbocycles.